The first-order valence-electron chi connectivity index (χ1n) is 9.08. The molecule has 2 aromatic rings. The summed E-state index contributed by atoms with van der Waals surface area (Å²) in [5, 5.41) is 2.83. The Hall–Kier alpha value is -1.93. The predicted molar refractivity (Wildman–Crippen MR) is 113 cm³/mol. The smallest absolute Gasteiger partial charge is 0.243 e. The Kier molecular flexibility index (Phi) is 8.00. The molecule has 1 N–H and O–H groups in total. The van der Waals surface area contributed by atoms with Gasteiger partial charge in [0.25, 0.3) is 0 Å². The van der Waals surface area contributed by atoms with Crippen molar-refractivity contribution in [3.63, 3.8) is 0 Å². The van der Waals surface area contributed by atoms with Gasteiger partial charge in [-0.2, -0.15) is 4.31 Å². The molecule has 1 amide bonds. The Morgan fingerprint density at radius 1 is 1.04 bits per heavy atom. The molecule has 0 spiro atoms. The Bertz CT molecular complexity index is 867. The van der Waals surface area contributed by atoms with Gasteiger partial charge in [-0.1, -0.05) is 30.3 Å². The van der Waals surface area contributed by atoms with Gasteiger partial charge in [0.2, 0.25) is 15.9 Å². The standard InChI is InChI=1S/C20H25N3O3S.ClH/c1-22(15-17-7-3-2-4-8-17)27(25,26)19-11-9-18(10-12-19)21-20(24)16-23-13-5-6-14-23;/h2-4,7-12H,5-6,13-16H2,1H3,(H,21,24);1H. The van der Waals surface area contributed by atoms with Gasteiger partial charge in [0.05, 0.1) is 11.4 Å². The highest BCUT2D eigenvalue weighted by Gasteiger charge is 2.21. The number of sulfonamides is 1. The van der Waals surface area contributed by atoms with Crippen LogP contribution in [0.3, 0.4) is 0 Å². The number of nitrogens with zero attached hydrogens (tertiary/aromatic N) is 2. The molecule has 0 radical (unpaired) electrons. The first kappa shape index (κ1) is 22.4. The molecule has 6 nitrogen and oxygen atoms in total. The Labute approximate surface area is 173 Å². The van der Waals surface area contributed by atoms with Crippen LogP contribution in [0, 0.1) is 0 Å². The van der Waals surface area contributed by atoms with Gasteiger partial charge in [-0.3, -0.25) is 9.69 Å². The zero-order valence-electron chi connectivity index (χ0n) is 15.9. The lowest BCUT2D eigenvalue weighted by Gasteiger charge is -2.18. The van der Waals surface area contributed by atoms with Crippen molar-refractivity contribution in [2.45, 2.75) is 24.3 Å². The topological polar surface area (TPSA) is 69.7 Å². The van der Waals surface area contributed by atoms with Crippen molar-refractivity contribution in [3.05, 3.63) is 60.2 Å². The number of hydrogen-bond donors (Lipinski definition) is 1. The maximum absolute atomic E-state index is 12.7. The summed E-state index contributed by atoms with van der Waals surface area (Å²) in [4.78, 5) is 14.4. The molecule has 0 unspecified atom stereocenters. The molecular weight excluding hydrogens is 398 g/mol. The van der Waals surface area contributed by atoms with Gasteiger partial charge in [-0.15, -0.1) is 12.4 Å². The summed E-state index contributed by atoms with van der Waals surface area (Å²) in [6.07, 6.45) is 2.27. The fraction of sp³-hybridized carbons (Fsp3) is 0.350. The highest BCUT2D eigenvalue weighted by Crippen LogP contribution is 2.19. The van der Waals surface area contributed by atoms with Gasteiger partial charge >= 0.3 is 0 Å². The molecule has 1 aliphatic rings. The minimum Gasteiger partial charge on any atom is -0.325 e. The van der Waals surface area contributed by atoms with E-state index in [1.165, 1.54) is 16.4 Å². The predicted octanol–water partition coefficient (Wildman–Crippen LogP) is 2.96. The number of carbonyl (C=O) groups excluding carboxylic acids is 1. The second kappa shape index (κ2) is 10.0. The second-order valence-electron chi connectivity index (χ2n) is 6.80. The van der Waals surface area contributed by atoms with E-state index < -0.39 is 10.0 Å². The van der Waals surface area contributed by atoms with Crippen LogP contribution in [0.15, 0.2) is 59.5 Å². The summed E-state index contributed by atoms with van der Waals surface area (Å²) in [6, 6.07) is 15.8. The number of nitrogens with one attached hydrogen (secondary N) is 1. The maximum atomic E-state index is 12.7. The van der Waals surface area contributed by atoms with E-state index in [4.69, 9.17) is 0 Å². The lowest BCUT2D eigenvalue weighted by molar-refractivity contribution is -0.117. The highest BCUT2D eigenvalue weighted by atomic mass is 35.5. The number of amides is 1. The van der Waals surface area contributed by atoms with Gasteiger partial charge in [0, 0.05) is 19.3 Å². The molecule has 1 heterocycles. The fourth-order valence-electron chi connectivity index (χ4n) is 3.16. The molecule has 28 heavy (non-hydrogen) atoms. The van der Waals surface area contributed by atoms with Crippen LogP contribution in [0.25, 0.3) is 0 Å². The van der Waals surface area contributed by atoms with Crippen LogP contribution in [-0.4, -0.2) is 50.2 Å². The van der Waals surface area contributed by atoms with Crippen molar-refractivity contribution in [3.8, 4) is 0 Å². The Balaban J connectivity index is 0.00000280. The van der Waals surface area contributed by atoms with Crippen molar-refractivity contribution in [1.82, 2.24) is 9.21 Å². The normalized spacial score (nSPS) is 14.6. The van der Waals surface area contributed by atoms with E-state index in [0.717, 1.165) is 31.5 Å². The summed E-state index contributed by atoms with van der Waals surface area (Å²) in [5.74, 6) is -0.0753. The lowest BCUT2D eigenvalue weighted by Crippen LogP contribution is -2.30. The van der Waals surface area contributed by atoms with Gasteiger partial charge in [-0.25, -0.2) is 8.42 Å². The number of carbonyl (C=O) groups is 1. The number of likely N-dealkylation sites (tertiary alicyclic amines) is 1. The number of anilines is 1. The number of halogens is 1. The summed E-state index contributed by atoms with van der Waals surface area (Å²) in [5.41, 5.74) is 1.53. The number of benzene rings is 2. The second-order valence-corrected chi connectivity index (χ2v) is 8.85. The average molecular weight is 424 g/mol. The van der Waals surface area contributed by atoms with Gasteiger partial charge in [0.1, 0.15) is 0 Å². The van der Waals surface area contributed by atoms with Crippen molar-refractivity contribution in [1.29, 1.82) is 0 Å². The van der Waals surface area contributed by atoms with Crippen LogP contribution < -0.4 is 5.32 Å². The van der Waals surface area contributed by atoms with Crippen molar-refractivity contribution < 1.29 is 13.2 Å². The maximum Gasteiger partial charge on any atom is 0.243 e. The molecule has 1 fully saturated rings. The van der Waals surface area contributed by atoms with Crippen LogP contribution >= 0.6 is 12.4 Å². The van der Waals surface area contributed by atoms with E-state index in [2.05, 4.69) is 10.2 Å². The third kappa shape index (κ3) is 5.78. The monoisotopic (exact) mass is 423 g/mol. The average Bonchev–Trinajstić information content (AvgIpc) is 3.16. The fourth-order valence-corrected chi connectivity index (χ4v) is 4.32. The molecule has 8 heteroatoms. The van der Waals surface area contributed by atoms with Gasteiger partial charge in [-0.05, 0) is 55.8 Å². The van der Waals surface area contributed by atoms with E-state index in [1.807, 2.05) is 30.3 Å². The van der Waals surface area contributed by atoms with Crippen LogP contribution in [0.2, 0.25) is 0 Å². The minimum atomic E-state index is -3.59. The Morgan fingerprint density at radius 2 is 1.64 bits per heavy atom. The zero-order chi connectivity index (χ0) is 19.3. The van der Waals surface area contributed by atoms with Crippen molar-refractivity contribution in [2.75, 3.05) is 32.0 Å². The summed E-state index contributed by atoms with van der Waals surface area (Å²) in [7, 11) is -2.03. The molecule has 2 aromatic carbocycles. The largest absolute Gasteiger partial charge is 0.325 e. The molecule has 0 aliphatic carbocycles. The first-order valence-corrected chi connectivity index (χ1v) is 10.5. The van der Waals surface area contributed by atoms with E-state index >= 15 is 0 Å². The Morgan fingerprint density at radius 3 is 2.25 bits per heavy atom. The van der Waals surface area contributed by atoms with Crippen LogP contribution in [0.1, 0.15) is 18.4 Å². The molecule has 1 aliphatic heterocycles. The van der Waals surface area contributed by atoms with Crippen LogP contribution in [0.5, 0.6) is 0 Å². The van der Waals surface area contributed by atoms with Crippen molar-refractivity contribution >= 4 is 34.0 Å². The summed E-state index contributed by atoms with van der Waals surface area (Å²) in [6.45, 7) is 2.59. The molecule has 0 bridgehead atoms. The molecule has 0 atom stereocenters. The summed E-state index contributed by atoms with van der Waals surface area (Å²) < 4.78 is 26.8. The molecule has 0 aromatic heterocycles. The highest BCUT2D eigenvalue weighted by molar-refractivity contribution is 7.89. The third-order valence-corrected chi connectivity index (χ3v) is 6.48. The molecule has 1 saturated heterocycles. The van der Waals surface area contributed by atoms with E-state index in [1.54, 1.807) is 19.2 Å². The van der Waals surface area contributed by atoms with E-state index in [9.17, 15) is 13.2 Å². The van der Waals surface area contributed by atoms with E-state index in [-0.39, 0.29) is 23.2 Å². The summed E-state index contributed by atoms with van der Waals surface area (Å²) >= 11 is 0. The van der Waals surface area contributed by atoms with Crippen LogP contribution in [0.4, 0.5) is 5.69 Å². The number of rotatable bonds is 7. The zero-order valence-corrected chi connectivity index (χ0v) is 17.5. The van der Waals surface area contributed by atoms with E-state index in [0.29, 0.717) is 18.8 Å². The van der Waals surface area contributed by atoms with Crippen molar-refractivity contribution in [2.24, 2.45) is 0 Å². The first-order chi connectivity index (χ1) is 12.9. The molecule has 152 valence electrons. The lowest BCUT2D eigenvalue weighted by atomic mass is 10.2. The number of hydrogen-bond acceptors (Lipinski definition) is 4. The molecule has 3 rings (SSSR count). The molecule has 0 saturated carbocycles. The quantitative estimate of drug-likeness (QED) is 0.743. The van der Waals surface area contributed by atoms with Crippen LogP contribution in [-0.2, 0) is 21.4 Å². The SMILES string of the molecule is CN(Cc1ccccc1)S(=O)(=O)c1ccc(NC(=O)CN2CCCC2)cc1.Cl. The minimum absolute atomic E-state index is 0. The third-order valence-electron chi connectivity index (χ3n) is 4.66. The molecular formula is C20H26ClN3O3S. The van der Waals surface area contributed by atoms with Gasteiger partial charge in [0.15, 0.2) is 0 Å². The van der Waals surface area contributed by atoms with Gasteiger partial charge < -0.3 is 5.32 Å².